The summed E-state index contributed by atoms with van der Waals surface area (Å²) in [6.45, 7) is 2.91. The van der Waals surface area contributed by atoms with E-state index in [9.17, 15) is 9.59 Å². The van der Waals surface area contributed by atoms with Crippen molar-refractivity contribution in [3.05, 3.63) is 23.8 Å². The Labute approximate surface area is 122 Å². The van der Waals surface area contributed by atoms with Gasteiger partial charge in [0.05, 0.1) is 17.9 Å². The van der Waals surface area contributed by atoms with Crippen LogP contribution in [-0.4, -0.2) is 30.2 Å². The zero-order chi connectivity index (χ0) is 15.0. The molecule has 0 unspecified atom stereocenters. The molecule has 3 atom stereocenters. The van der Waals surface area contributed by atoms with Gasteiger partial charge in [0.1, 0.15) is 13.2 Å². The smallest absolute Gasteiger partial charge is 0.307 e. The highest BCUT2D eigenvalue weighted by atomic mass is 16.6. The molecule has 0 aromatic heterocycles. The van der Waals surface area contributed by atoms with E-state index in [2.05, 4.69) is 5.32 Å². The first kappa shape index (κ1) is 13.7. The third kappa shape index (κ3) is 2.79. The second kappa shape index (κ2) is 5.27. The SMILES string of the molecule is C[C@H](NC(=O)[C@@H]1C[C@H]1C(=O)O)c1ccc2c(c1)OCCO2. The third-order valence-electron chi connectivity index (χ3n) is 3.87. The lowest BCUT2D eigenvalue weighted by Gasteiger charge is -2.21. The van der Waals surface area contributed by atoms with Crippen LogP contribution in [0, 0.1) is 11.8 Å². The Balaban J connectivity index is 1.64. The fourth-order valence-corrected chi connectivity index (χ4v) is 2.49. The predicted octanol–water partition coefficient (Wildman–Crippen LogP) is 1.36. The fraction of sp³-hybridized carbons (Fsp3) is 0.467. The number of benzene rings is 1. The molecule has 1 aromatic rings. The van der Waals surface area contributed by atoms with Gasteiger partial charge in [-0.3, -0.25) is 9.59 Å². The van der Waals surface area contributed by atoms with Gasteiger partial charge in [0, 0.05) is 0 Å². The Morgan fingerprint density at radius 2 is 1.95 bits per heavy atom. The zero-order valence-electron chi connectivity index (χ0n) is 11.7. The van der Waals surface area contributed by atoms with Gasteiger partial charge in [0.25, 0.3) is 0 Å². The molecule has 1 heterocycles. The number of hydrogen-bond donors (Lipinski definition) is 2. The molecule has 6 heteroatoms. The van der Waals surface area contributed by atoms with Crippen molar-refractivity contribution >= 4 is 11.9 Å². The molecule has 2 N–H and O–H groups in total. The maximum Gasteiger partial charge on any atom is 0.307 e. The van der Waals surface area contributed by atoms with Gasteiger partial charge in [-0.15, -0.1) is 0 Å². The summed E-state index contributed by atoms with van der Waals surface area (Å²) in [4.78, 5) is 22.7. The normalized spacial score (nSPS) is 24.0. The van der Waals surface area contributed by atoms with Crippen LogP contribution in [0.4, 0.5) is 0 Å². The van der Waals surface area contributed by atoms with Gasteiger partial charge < -0.3 is 19.9 Å². The van der Waals surface area contributed by atoms with E-state index < -0.39 is 17.8 Å². The molecule has 0 saturated heterocycles. The molecular formula is C15H17NO5. The molecule has 6 nitrogen and oxygen atoms in total. The number of amides is 1. The number of carbonyl (C=O) groups excluding carboxylic acids is 1. The number of ether oxygens (including phenoxy) is 2. The summed E-state index contributed by atoms with van der Waals surface area (Å²) in [5.74, 6) is -0.655. The van der Waals surface area contributed by atoms with Crippen molar-refractivity contribution in [2.45, 2.75) is 19.4 Å². The van der Waals surface area contributed by atoms with Crippen LogP contribution in [0.3, 0.4) is 0 Å². The highest BCUT2D eigenvalue weighted by Gasteiger charge is 2.48. The summed E-state index contributed by atoms with van der Waals surface area (Å²) in [7, 11) is 0. The molecule has 1 aliphatic carbocycles. The first-order chi connectivity index (χ1) is 10.1. The van der Waals surface area contributed by atoms with Gasteiger partial charge >= 0.3 is 5.97 Å². The van der Waals surface area contributed by atoms with Crippen molar-refractivity contribution in [2.24, 2.45) is 11.8 Å². The molecule has 21 heavy (non-hydrogen) atoms. The summed E-state index contributed by atoms with van der Waals surface area (Å²) >= 11 is 0. The van der Waals surface area contributed by atoms with Crippen molar-refractivity contribution in [2.75, 3.05) is 13.2 Å². The standard InChI is InChI=1S/C15H17NO5/c1-8(16-14(17)10-7-11(10)15(18)19)9-2-3-12-13(6-9)21-5-4-20-12/h2-3,6,8,10-11H,4-5,7H2,1H3,(H,16,17)(H,18,19)/t8-,10+,11+/m0/s1. The second-order valence-corrected chi connectivity index (χ2v) is 5.42. The van der Waals surface area contributed by atoms with Gasteiger partial charge in [-0.2, -0.15) is 0 Å². The van der Waals surface area contributed by atoms with Gasteiger partial charge in [0.2, 0.25) is 5.91 Å². The number of hydrogen-bond acceptors (Lipinski definition) is 4. The highest BCUT2D eigenvalue weighted by Crippen LogP contribution is 2.39. The first-order valence-electron chi connectivity index (χ1n) is 6.99. The van der Waals surface area contributed by atoms with E-state index >= 15 is 0 Å². The van der Waals surface area contributed by atoms with E-state index in [0.29, 0.717) is 31.1 Å². The topological polar surface area (TPSA) is 84.9 Å². The molecule has 1 saturated carbocycles. The van der Waals surface area contributed by atoms with E-state index in [1.807, 2.05) is 25.1 Å². The molecule has 0 radical (unpaired) electrons. The molecule has 0 bridgehead atoms. The molecule has 112 valence electrons. The van der Waals surface area contributed by atoms with Crippen molar-refractivity contribution in [3.8, 4) is 11.5 Å². The summed E-state index contributed by atoms with van der Waals surface area (Å²) in [5.41, 5.74) is 0.903. The Morgan fingerprint density at radius 3 is 2.62 bits per heavy atom. The van der Waals surface area contributed by atoms with Crippen molar-refractivity contribution in [3.63, 3.8) is 0 Å². The number of aliphatic carboxylic acids is 1. The maximum atomic E-state index is 12.0. The average molecular weight is 291 g/mol. The lowest BCUT2D eigenvalue weighted by Crippen LogP contribution is -2.29. The number of carbonyl (C=O) groups is 2. The van der Waals surface area contributed by atoms with Gasteiger partial charge in [0.15, 0.2) is 11.5 Å². The predicted molar refractivity (Wildman–Crippen MR) is 73.2 cm³/mol. The Bertz CT molecular complexity index is 585. The van der Waals surface area contributed by atoms with E-state index in [1.165, 1.54) is 0 Å². The van der Waals surface area contributed by atoms with Crippen LogP contribution in [0.5, 0.6) is 11.5 Å². The van der Waals surface area contributed by atoms with E-state index in [1.54, 1.807) is 0 Å². The van der Waals surface area contributed by atoms with Crippen LogP contribution < -0.4 is 14.8 Å². The number of carboxylic acid groups (broad SMARTS) is 1. The molecule has 0 spiro atoms. The average Bonchev–Trinajstić information content (AvgIpc) is 3.27. The Hall–Kier alpha value is -2.24. The summed E-state index contributed by atoms with van der Waals surface area (Å²) in [6.07, 6.45) is 0.426. The Kier molecular flexibility index (Phi) is 3.45. The summed E-state index contributed by atoms with van der Waals surface area (Å²) in [6, 6.07) is 5.34. The maximum absolute atomic E-state index is 12.0. The number of nitrogens with one attached hydrogen (secondary N) is 1. The van der Waals surface area contributed by atoms with Crippen molar-refractivity contribution in [1.29, 1.82) is 0 Å². The van der Waals surface area contributed by atoms with Crippen molar-refractivity contribution < 1.29 is 24.2 Å². The minimum absolute atomic E-state index is 0.204. The second-order valence-electron chi connectivity index (χ2n) is 5.42. The zero-order valence-corrected chi connectivity index (χ0v) is 11.7. The molecule has 1 aromatic carbocycles. The van der Waals surface area contributed by atoms with Crippen LogP contribution in [0.15, 0.2) is 18.2 Å². The monoisotopic (exact) mass is 291 g/mol. The van der Waals surface area contributed by atoms with Crippen LogP contribution in [0.2, 0.25) is 0 Å². The quantitative estimate of drug-likeness (QED) is 0.875. The van der Waals surface area contributed by atoms with Gasteiger partial charge in [-0.1, -0.05) is 6.07 Å². The lowest BCUT2D eigenvalue weighted by atomic mass is 10.1. The number of carboxylic acids is 1. The van der Waals surface area contributed by atoms with Crippen LogP contribution in [0.25, 0.3) is 0 Å². The third-order valence-corrected chi connectivity index (χ3v) is 3.87. The van der Waals surface area contributed by atoms with Crippen LogP contribution >= 0.6 is 0 Å². The van der Waals surface area contributed by atoms with E-state index in [4.69, 9.17) is 14.6 Å². The lowest BCUT2D eigenvalue weighted by molar-refractivity contribution is -0.140. The van der Waals surface area contributed by atoms with E-state index in [0.717, 1.165) is 5.56 Å². The van der Waals surface area contributed by atoms with Crippen molar-refractivity contribution in [1.82, 2.24) is 5.32 Å². The first-order valence-corrected chi connectivity index (χ1v) is 6.99. The molecular weight excluding hydrogens is 274 g/mol. The Morgan fingerprint density at radius 1 is 1.24 bits per heavy atom. The minimum Gasteiger partial charge on any atom is -0.486 e. The fourth-order valence-electron chi connectivity index (χ4n) is 2.49. The molecule has 1 amide bonds. The van der Waals surface area contributed by atoms with E-state index in [-0.39, 0.29) is 11.9 Å². The molecule has 1 aliphatic heterocycles. The summed E-state index contributed by atoms with van der Waals surface area (Å²) in [5, 5.41) is 11.7. The highest BCUT2D eigenvalue weighted by molar-refractivity contribution is 5.89. The molecule has 3 rings (SSSR count). The minimum atomic E-state index is -0.901. The number of rotatable bonds is 4. The van der Waals surface area contributed by atoms with Crippen LogP contribution in [0.1, 0.15) is 24.9 Å². The molecule has 1 fully saturated rings. The van der Waals surface area contributed by atoms with Crippen LogP contribution in [-0.2, 0) is 9.59 Å². The summed E-state index contributed by atoms with van der Waals surface area (Å²) < 4.78 is 11.0. The molecule has 2 aliphatic rings. The van der Waals surface area contributed by atoms with Gasteiger partial charge in [-0.05, 0) is 31.0 Å². The largest absolute Gasteiger partial charge is 0.486 e. The number of fused-ring (bicyclic) bond motifs is 1. The van der Waals surface area contributed by atoms with Gasteiger partial charge in [-0.25, -0.2) is 0 Å².